The molecule has 138 valence electrons. The minimum absolute atomic E-state index is 0.0485. The number of aromatic nitrogens is 5. The molecule has 0 aliphatic rings. The maximum absolute atomic E-state index is 13.3. The largest absolute Gasteiger partial charge is 0.315 e. The Morgan fingerprint density at radius 3 is 2.59 bits per heavy atom. The number of hydrogen-bond acceptors (Lipinski definition) is 5. The zero-order chi connectivity index (χ0) is 19.0. The predicted octanol–water partition coefficient (Wildman–Crippen LogP) is 2.37. The minimum Gasteiger partial charge on any atom is -0.315 e. The van der Waals surface area contributed by atoms with Crippen molar-refractivity contribution in [3.05, 3.63) is 58.8 Å². The first-order valence-corrected chi connectivity index (χ1v) is 9.01. The van der Waals surface area contributed by atoms with Crippen LogP contribution in [0, 0.1) is 6.92 Å². The van der Waals surface area contributed by atoms with Crippen LogP contribution in [0.4, 0.5) is 0 Å². The van der Waals surface area contributed by atoms with Crippen LogP contribution in [0.25, 0.3) is 27.9 Å². The summed E-state index contributed by atoms with van der Waals surface area (Å²) in [6.45, 7) is 3.42. The van der Waals surface area contributed by atoms with E-state index in [0.717, 1.165) is 24.2 Å². The van der Waals surface area contributed by atoms with Crippen molar-refractivity contribution in [1.29, 1.82) is 0 Å². The summed E-state index contributed by atoms with van der Waals surface area (Å²) in [5.41, 5.74) is 2.25. The van der Waals surface area contributed by atoms with E-state index in [4.69, 9.17) is 0 Å². The van der Waals surface area contributed by atoms with Crippen molar-refractivity contribution in [1.82, 2.24) is 29.0 Å². The van der Waals surface area contributed by atoms with Gasteiger partial charge in [0.25, 0.3) is 11.3 Å². The van der Waals surface area contributed by atoms with Gasteiger partial charge in [0, 0.05) is 18.3 Å². The Balaban J connectivity index is 1.98. The Bertz CT molecular complexity index is 1160. The Hall–Kier alpha value is -3.06. The van der Waals surface area contributed by atoms with Gasteiger partial charge in [-0.3, -0.25) is 4.79 Å². The molecule has 1 aromatic carbocycles. The first-order valence-electron chi connectivity index (χ1n) is 9.01. The van der Waals surface area contributed by atoms with Crippen LogP contribution >= 0.6 is 0 Å². The van der Waals surface area contributed by atoms with Crippen LogP contribution in [-0.4, -0.2) is 49.7 Å². The highest BCUT2D eigenvalue weighted by atomic mass is 16.1. The summed E-state index contributed by atoms with van der Waals surface area (Å²) in [5.74, 6) is 1.13. The van der Waals surface area contributed by atoms with Crippen molar-refractivity contribution < 1.29 is 0 Å². The standard InChI is InChI=1S/C20H22N6O/c1-14-21-20-22-16-10-13-25(12-7-11-24(2)3)19(27)17(16)18(26(20)23-14)15-8-5-4-6-9-15/h4-6,8-10,13H,7,11-12H2,1-3H3. The topological polar surface area (TPSA) is 68.3 Å². The van der Waals surface area contributed by atoms with Gasteiger partial charge in [-0.25, -0.2) is 4.98 Å². The fraction of sp³-hybridized carbons (Fsp3) is 0.300. The van der Waals surface area contributed by atoms with Gasteiger partial charge in [-0.2, -0.15) is 9.50 Å². The second-order valence-corrected chi connectivity index (χ2v) is 6.93. The normalized spacial score (nSPS) is 11.7. The maximum Gasteiger partial charge on any atom is 0.262 e. The fourth-order valence-corrected chi connectivity index (χ4v) is 3.32. The van der Waals surface area contributed by atoms with E-state index in [1.54, 1.807) is 9.08 Å². The second-order valence-electron chi connectivity index (χ2n) is 6.93. The molecule has 4 rings (SSSR count). The van der Waals surface area contributed by atoms with E-state index >= 15 is 0 Å². The van der Waals surface area contributed by atoms with Gasteiger partial charge in [0.2, 0.25) is 0 Å². The van der Waals surface area contributed by atoms with E-state index in [1.807, 2.05) is 63.6 Å². The maximum atomic E-state index is 13.3. The quantitative estimate of drug-likeness (QED) is 0.545. The molecule has 7 heteroatoms. The van der Waals surface area contributed by atoms with Gasteiger partial charge in [0.15, 0.2) is 0 Å². The summed E-state index contributed by atoms with van der Waals surface area (Å²) in [4.78, 5) is 24.4. The van der Waals surface area contributed by atoms with Gasteiger partial charge in [-0.05, 0) is 40.1 Å². The molecule has 3 heterocycles. The SMILES string of the molecule is Cc1nc2nc3ccn(CCCN(C)C)c(=O)c3c(-c3ccccc3)n2n1. The molecule has 0 atom stereocenters. The Morgan fingerprint density at radius 1 is 1.07 bits per heavy atom. The number of rotatable bonds is 5. The molecule has 0 aliphatic heterocycles. The van der Waals surface area contributed by atoms with Crippen LogP contribution in [0.15, 0.2) is 47.4 Å². The third-order valence-corrected chi connectivity index (χ3v) is 4.56. The van der Waals surface area contributed by atoms with Crippen LogP contribution in [0.1, 0.15) is 12.2 Å². The van der Waals surface area contributed by atoms with Crippen molar-refractivity contribution in [3.63, 3.8) is 0 Å². The van der Waals surface area contributed by atoms with Crippen molar-refractivity contribution in [2.24, 2.45) is 0 Å². The summed E-state index contributed by atoms with van der Waals surface area (Å²) >= 11 is 0. The van der Waals surface area contributed by atoms with Crippen LogP contribution in [0.5, 0.6) is 0 Å². The van der Waals surface area contributed by atoms with E-state index < -0.39 is 0 Å². The molecule has 27 heavy (non-hydrogen) atoms. The van der Waals surface area contributed by atoms with Crippen LogP contribution in [0.3, 0.4) is 0 Å². The monoisotopic (exact) mass is 362 g/mol. The highest BCUT2D eigenvalue weighted by Crippen LogP contribution is 2.25. The molecule has 0 unspecified atom stereocenters. The van der Waals surface area contributed by atoms with E-state index in [2.05, 4.69) is 20.0 Å². The van der Waals surface area contributed by atoms with Crippen molar-refractivity contribution in [2.45, 2.75) is 19.9 Å². The first-order chi connectivity index (χ1) is 13.0. The second kappa shape index (κ2) is 6.92. The molecule has 0 saturated carbocycles. The Kier molecular flexibility index (Phi) is 4.45. The molecular formula is C20H22N6O. The fourth-order valence-electron chi connectivity index (χ4n) is 3.32. The summed E-state index contributed by atoms with van der Waals surface area (Å²) in [5, 5.41) is 5.06. The molecule has 3 aromatic heterocycles. The number of hydrogen-bond donors (Lipinski definition) is 0. The molecule has 0 amide bonds. The van der Waals surface area contributed by atoms with Gasteiger partial charge < -0.3 is 9.47 Å². The third-order valence-electron chi connectivity index (χ3n) is 4.56. The molecule has 0 N–H and O–H groups in total. The average molecular weight is 362 g/mol. The summed E-state index contributed by atoms with van der Waals surface area (Å²) in [6.07, 6.45) is 2.72. The van der Waals surface area contributed by atoms with Gasteiger partial charge in [-0.15, -0.1) is 5.10 Å². The van der Waals surface area contributed by atoms with Crippen LogP contribution in [-0.2, 0) is 6.54 Å². The average Bonchev–Trinajstić information content (AvgIpc) is 3.02. The zero-order valence-electron chi connectivity index (χ0n) is 15.8. The molecule has 0 spiro atoms. The number of fused-ring (bicyclic) bond motifs is 2. The van der Waals surface area contributed by atoms with E-state index in [9.17, 15) is 4.79 Å². The molecule has 0 bridgehead atoms. The number of pyridine rings is 1. The lowest BCUT2D eigenvalue weighted by Gasteiger charge is -2.13. The lowest BCUT2D eigenvalue weighted by Crippen LogP contribution is -2.23. The van der Waals surface area contributed by atoms with Gasteiger partial charge in [-0.1, -0.05) is 30.3 Å². The lowest BCUT2D eigenvalue weighted by atomic mass is 10.1. The highest BCUT2D eigenvalue weighted by Gasteiger charge is 2.17. The van der Waals surface area contributed by atoms with Crippen LogP contribution < -0.4 is 5.56 Å². The first kappa shape index (κ1) is 17.4. The summed E-state index contributed by atoms with van der Waals surface area (Å²) in [7, 11) is 4.06. The molecule has 0 aliphatic carbocycles. The molecule has 0 saturated heterocycles. The molecular weight excluding hydrogens is 340 g/mol. The number of aryl methyl sites for hydroxylation is 2. The number of benzene rings is 1. The predicted molar refractivity (Wildman–Crippen MR) is 106 cm³/mol. The molecule has 0 radical (unpaired) electrons. The minimum atomic E-state index is -0.0485. The van der Waals surface area contributed by atoms with Crippen LogP contribution in [0.2, 0.25) is 0 Å². The van der Waals surface area contributed by atoms with E-state index in [0.29, 0.717) is 29.0 Å². The van der Waals surface area contributed by atoms with Gasteiger partial charge in [0.05, 0.1) is 16.6 Å². The third kappa shape index (κ3) is 3.21. The summed E-state index contributed by atoms with van der Waals surface area (Å²) < 4.78 is 3.44. The highest BCUT2D eigenvalue weighted by molar-refractivity contribution is 5.93. The van der Waals surface area contributed by atoms with Crippen molar-refractivity contribution >= 4 is 16.7 Å². The molecule has 7 nitrogen and oxygen atoms in total. The van der Waals surface area contributed by atoms with E-state index in [-0.39, 0.29) is 5.56 Å². The molecule has 4 aromatic rings. The van der Waals surface area contributed by atoms with Gasteiger partial charge in [0.1, 0.15) is 5.82 Å². The van der Waals surface area contributed by atoms with Gasteiger partial charge >= 0.3 is 0 Å². The smallest absolute Gasteiger partial charge is 0.262 e. The van der Waals surface area contributed by atoms with Crippen molar-refractivity contribution in [3.8, 4) is 11.3 Å². The number of nitrogens with zero attached hydrogens (tertiary/aromatic N) is 6. The lowest BCUT2D eigenvalue weighted by molar-refractivity contribution is 0.385. The summed E-state index contributed by atoms with van der Waals surface area (Å²) in [6, 6.07) is 11.7. The Labute approximate surface area is 156 Å². The van der Waals surface area contributed by atoms with E-state index in [1.165, 1.54) is 0 Å². The Morgan fingerprint density at radius 2 is 1.85 bits per heavy atom. The zero-order valence-corrected chi connectivity index (χ0v) is 15.8. The molecule has 0 fully saturated rings. The van der Waals surface area contributed by atoms with Crippen molar-refractivity contribution in [2.75, 3.05) is 20.6 Å².